The van der Waals surface area contributed by atoms with E-state index in [-0.39, 0.29) is 4.90 Å². The van der Waals surface area contributed by atoms with Crippen LogP contribution in [0, 0.1) is 6.92 Å². The molecule has 0 aliphatic heterocycles. The van der Waals surface area contributed by atoms with E-state index in [1.54, 1.807) is 12.1 Å². The topological polar surface area (TPSA) is 54.4 Å². The molecule has 0 spiro atoms. The van der Waals surface area contributed by atoms with Gasteiger partial charge in [0.2, 0.25) is 0 Å². The van der Waals surface area contributed by atoms with E-state index >= 15 is 0 Å². The molecule has 0 unspecified atom stereocenters. The predicted molar refractivity (Wildman–Crippen MR) is 96.7 cm³/mol. The van der Waals surface area contributed by atoms with Crippen LogP contribution in [0.3, 0.4) is 0 Å². The first-order chi connectivity index (χ1) is 11.4. The maximum Gasteiger partial charge on any atom is 0.294 e. The van der Waals surface area contributed by atoms with Crippen LogP contribution in [0.1, 0.15) is 16.7 Å². The number of benzene rings is 3. The summed E-state index contributed by atoms with van der Waals surface area (Å²) in [6.07, 6.45) is 1.03. The van der Waals surface area contributed by atoms with Gasteiger partial charge < -0.3 is 0 Å². The fourth-order valence-corrected chi connectivity index (χ4v) is 2.62. The van der Waals surface area contributed by atoms with E-state index in [1.807, 2.05) is 6.92 Å². The first-order valence-corrected chi connectivity index (χ1v) is 9.01. The van der Waals surface area contributed by atoms with Crippen LogP contribution in [0.4, 0.5) is 0 Å². The van der Waals surface area contributed by atoms with Crippen LogP contribution in [0.2, 0.25) is 0 Å². The van der Waals surface area contributed by atoms with Gasteiger partial charge in [-0.25, -0.2) is 0 Å². The number of hydrogen-bond acceptors (Lipinski definition) is 2. The molecule has 3 nitrogen and oxygen atoms in total. The van der Waals surface area contributed by atoms with E-state index in [2.05, 4.69) is 60.7 Å². The number of aryl methyl sites for hydroxylation is 1. The molecule has 4 heteroatoms. The van der Waals surface area contributed by atoms with Crippen molar-refractivity contribution in [1.29, 1.82) is 0 Å². The average Bonchev–Trinajstić information content (AvgIpc) is 2.57. The Morgan fingerprint density at radius 3 is 1.50 bits per heavy atom. The highest BCUT2D eigenvalue weighted by Crippen LogP contribution is 2.09. The predicted octanol–water partition coefficient (Wildman–Crippen LogP) is 4.52. The lowest BCUT2D eigenvalue weighted by molar-refractivity contribution is 0.483. The summed E-state index contributed by atoms with van der Waals surface area (Å²) in [5.41, 5.74) is 3.69. The van der Waals surface area contributed by atoms with Gasteiger partial charge in [0, 0.05) is 0 Å². The molecule has 124 valence electrons. The van der Waals surface area contributed by atoms with E-state index in [0.29, 0.717) is 0 Å². The summed E-state index contributed by atoms with van der Waals surface area (Å²) in [6, 6.07) is 27.1. The van der Waals surface area contributed by atoms with Crippen molar-refractivity contribution in [2.24, 2.45) is 0 Å². The molecule has 0 atom stereocenters. The fourth-order valence-electron chi connectivity index (χ4n) is 2.14. The highest BCUT2D eigenvalue weighted by molar-refractivity contribution is 7.85. The van der Waals surface area contributed by atoms with Gasteiger partial charge in [-0.05, 0) is 36.6 Å². The Labute approximate surface area is 143 Å². The first-order valence-electron chi connectivity index (χ1n) is 7.57. The summed E-state index contributed by atoms with van der Waals surface area (Å²) in [7, 11) is -4.02. The largest absolute Gasteiger partial charge is 0.294 e. The lowest BCUT2D eigenvalue weighted by atomic mass is 10.1. The van der Waals surface area contributed by atoms with Crippen molar-refractivity contribution in [3.63, 3.8) is 0 Å². The van der Waals surface area contributed by atoms with Gasteiger partial charge in [0.1, 0.15) is 0 Å². The maximum atomic E-state index is 10.5. The van der Waals surface area contributed by atoms with Crippen LogP contribution in [0.5, 0.6) is 0 Å². The Morgan fingerprint density at radius 1 is 0.708 bits per heavy atom. The molecule has 0 aliphatic carbocycles. The lowest BCUT2D eigenvalue weighted by Gasteiger charge is -2.00. The monoisotopic (exact) mass is 340 g/mol. The molecule has 0 heterocycles. The molecule has 0 radical (unpaired) electrons. The van der Waals surface area contributed by atoms with E-state index in [9.17, 15) is 8.42 Å². The van der Waals surface area contributed by atoms with E-state index in [0.717, 1.165) is 12.0 Å². The normalized spacial score (nSPS) is 10.6. The molecular weight excluding hydrogens is 320 g/mol. The molecule has 0 saturated carbocycles. The third kappa shape index (κ3) is 5.99. The molecule has 24 heavy (non-hydrogen) atoms. The van der Waals surface area contributed by atoms with Crippen molar-refractivity contribution in [3.05, 3.63) is 102 Å². The maximum absolute atomic E-state index is 10.5. The van der Waals surface area contributed by atoms with Crippen LogP contribution in [0.15, 0.2) is 89.8 Å². The minimum Gasteiger partial charge on any atom is -0.282 e. The van der Waals surface area contributed by atoms with Gasteiger partial charge in [-0.2, -0.15) is 8.42 Å². The van der Waals surface area contributed by atoms with Crippen molar-refractivity contribution in [2.45, 2.75) is 18.2 Å². The Bertz CT molecular complexity index is 803. The van der Waals surface area contributed by atoms with E-state index < -0.39 is 10.1 Å². The Hall–Kier alpha value is -2.43. The van der Waals surface area contributed by atoms with Gasteiger partial charge in [0.05, 0.1) is 4.90 Å². The Morgan fingerprint density at radius 2 is 1.12 bits per heavy atom. The molecule has 0 amide bonds. The third-order valence-corrected chi connectivity index (χ3v) is 4.28. The Balaban J connectivity index is 0.000000177. The molecule has 0 bridgehead atoms. The van der Waals surface area contributed by atoms with Crippen LogP contribution >= 0.6 is 0 Å². The molecule has 0 fully saturated rings. The Kier molecular flexibility index (Phi) is 6.29. The van der Waals surface area contributed by atoms with Crippen LogP contribution < -0.4 is 0 Å². The molecule has 3 aromatic carbocycles. The summed E-state index contributed by atoms with van der Waals surface area (Å²) in [6.45, 7) is 1.84. The number of rotatable bonds is 3. The van der Waals surface area contributed by atoms with Crippen LogP contribution in [-0.2, 0) is 16.5 Å². The fraction of sp³-hybridized carbons (Fsp3) is 0.100. The van der Waals surface area contributed by atoms with Gasteiger partial charge in [0.25, 0.3) is 10.1 Å². The van der Waals surface area contributed by atoms with E-state index in [1.165, 1.54) is 23.3 Å². The van der Waals surface area contributed by atoms with Gasteiger partial charge in [-0.1, -0.05) is 78.4 Å². The zero-order valence-electron chi connectivity index (χ0n) is 13.5. The molecule has 1 N–H and O–H groups in total. The molecule has 0 aromatic heterocycles. The van der Waals surface area contributed by atoms with Crippen molar-refractivity contribution in [2.75, 3.05) is 0 Å². The smallest absolute Gasteiger partial charge is 0.282 e. The highest BCUT2D eigenvalue weighted by Gasteiger charge is 2.06. The zero-order valence-corrected chi connectivity index (χ0v) is 14.3. The van der Waals surface area contributed by atoms with Crippen LogP contribution in [0.25, 0.3) is 0 Å². The summed E-state index contributed by atoms with van der Waals surface area (Å²) < 4.78 is 29.6. The van der Waals surface area contributed by atoms with Crippen molar-refractivity contribution < 1.29 is 13.0 Å². The SMILES string of the molecule is Cc1ccc(S(=O)(=O)O)cc1.c1ccc(Cc2ccccc2)cc1. The molecule has 3 rings (SSSR count). The quantitative estimate of drug-likeness (QED) is 0.713. The summed E-state index contributed by atoms with van der Waals surface area (Å²) in [4.78, 5) is -0.0666. The second kappa shape index (κ2) is 8.43. The minimum atomic E-state index is -4.02. The zero-order chi connectivity index (χ0) is 17.4. The molecule has 0 saturated heterocycles. The van der Waals surface area contributed by atoms with Crippen molar-refractivity contribution in [3.8, 4) is 0 Å². The summed E-state index contributed by atoms with van der Waals surface area (Å²) in [5, 5.41) is 0. The van der Waals surface area contributed by atoms with Gasteiger partial charge in [0.15, 0.2) is 0 Å². The molecule has 3 aromatic rings. The van der Waals surface area contributed by atoms with Crippen molar-refractivity contribution >= 4 is 10.1 Å². The second-order valence-corrected chi connectivity index (χ2v) is 6.86. The average molecular weight is 340 g/mol. The van der Waals surface area contributed by atoms with Gasteiger partial charge in [-0.15, -0.1) is 0 Å². The summed E-state index contributed by atoms with van der Waals surface area (Å²) >= 11 is 0. The van der Waals surface area contributed by atoms with Gasteiger partial charge in [-0.3, -0.25) is 4.55 Å². The lowest BCUT2D eigenvalue weighted by Crippen LogP contribution is -1.96. The molecular formula is C20H20O3S. The first kappa shape index (κ1) is 17.9. The van der Waals surface area contributed by atoms with Crippen molar-refractivity contribution in [1.82, 2.24) is 0 Å². The van der Waals surface area contributed by atoms with E-state index in [4.69, 9.17) is 4.55 Å². The standard InChI is InChI=1S/C13H12.C7H8O3S/c1-3-7-12(8-4-1)11-13-9-5-2-6-10-13;1-6-2-4-7(5-3-6)11(8,9)10/h1-10H,11H2;2-5H,1H3,(H,8,9,10). The van der Waals surface area contributed by atoms with Gasteiger partial charge >= 0.3 is 0 Å². The summed E-state index contributed by atoms with van der Waals surface area (Å²) in [5.74, 6) is 0. The highest BCUT2D eigenvalue weighted by atomic mass is 32.2. The minimum absolute atomic E-state index is 0.0666. The van der Waals surface area contributed by atoms with Crippen LogP contribution in [-0.4, -0.2) is 13.0 Å². The second-order valence-electron chi connectivity index (χ2n) is 5.44. The molecule has 0 aliphatic rings. The third-order valence-electron chi connectivity index (χ3n) is 3.41. The number of hydrogen-bond donors (Lipinski definition) is 1.